The van der Waals surface area contributed by atoms with Gasteiger partial charge in [0.2, 0.25) is 0 Å². The van der Waals surface area contributed by atoms with Gasteiger partial charge in [0.15, 0.2) is 13.1 Å². The Morgan fingerprint density at radius 1 is 1.04 bits per heavy atom. The molecular weight excluding hydrogens is 290 g/mol. The number of quaternary nitrogens is 1. The number of carbonyl (C=O) groups is 2. The third-order valence-corrected chi connectivity index (χ3v) is 3.70. The zero-order valence-corrected chi connectivity index (χ0v) is 14.6. The molecular formula is C18H30N3O2+. The summed E-state index contributed by atoms with van der Waals surface area (Å²) in [6.07, 6.45) is 2.99. The minimum atomic E-state index is -0.0518. The molecule has 0 aliphatic heterocycles. The number of para-hydroxylation sites is 1. The van der Waals surface area contributed by atoms with Crippen molar-refractivity contribution in [1.29, 1.82) is 0 Å². The lowest BCUT2D eigenvalue weighted by Crippen LogP contribution is -3.14. The maximum atomic E-state index is 12.2. The Balaban J connectivity index is 2.49. The number of nitrogens with one attached hydrogen (secondary N) is 3. The Bertz CT molecular complexity index is 503. The molecule has 0 radical (unpaired) electrons. The first-order valence-corrected chi connectivity index (χ1v) is 8.52. The van der Waals surface area contributed by atoms with Crippen LogP contribution in [0.2, 0.25) is 0 Å². The number of benzene rings is 1. The number of hydrogen-bond donors (Lipinski definition) is 3. The quantitative estimate of drug-likeness (QED) is 0.566. The largest absolute Gasteiger partial charge is 0.351 e. The fraction of sp³-hybridized carbons (Fsp3) is 0.556. The summed E-state index contributed by atoms with van der Waals surface area (Å²) in [6.45, 7) is 8.30. The third kappa shape index (κ3) is 7.79. The van der Waals surface area contributed by atoms with Crippen LogP contribution < -0.4 is 15.5 Å². The van der Waals surface area contributed by atoms with E-state index in [0.717, 1.165) is 42.0 Å². The van der Waals surface area contributed by atoms with E-state index < -0.39 is 0 Å². The number of unbranched alkanes of at least 4 members (excludes halogenated alkanes) is 1. The highest BCUT2D eigenvalue weighted by molar-refractivity contribution is 5.92. The van der Waals surface area contributed by atoms with E-state index in [2.05, 4.69) is 24.5 Å². The van der Waals surface area contributed by atoms with E-state index in [1.807, 2.05) is 31.2 Å². The van der Waals surface area contributed by atoms with E-state index >= 15 is 0 Å². The average Bonchev–Trinajstić information content (AvgIpc) is 2.50. The second-order valence-electron chi connectivity index (χ2n) is 5.92. The predicted octanol–water partition coefficient (Wildman–Crippen LogP) is 1.14. The molecule has 1 unspecified atom stereocenters. The predicted molar refractivity (Wildman–Crippen MR) is 93.6 cm³/mol. The van der Waals surface area contributed by atoms with Crippen LogP contribution in [-0.4, -0.2) is 38.0 Å². The lowest BCUT2D eigenvalue weighted by Gasteiger charge is -2.18. The molecule has 0 heterocycles. The lowest BCUT2D eigenvalue weighted by molar-refractivity contribution is -0.883. The van der Waals surface area contributed by atoms with Crippen molar-refractivity contribution in [2.24, 2.45) is 0 Å². The topological polar surface area (TPSA) is 62.6 Å². The zero-order chi connectivity index (χ0) is 17.1. The molecule has 5 heteroatoms. The molecule has 0 aliphatic rings. The fourth-order valence-electron chi connectivity index (χ4n) is 2.42. The molecule has 1 rings (SSSR count). The van der Waals surface area contributed by atoms with Crippen LogP contribution >= 0.6 is 0 Å². The molecule has 0 bridgehead atoms. The van der Waals surface area contributed by atoms with Crippen molar-refractivity contribution in [1.82, 2.24) is 5.32 Å². The zero-order valence-electron chi connectivity index (χ0n) is 14.6. The van der Waals surface area contributed by atoms with Crippen LogP contribution in [0.5, 0.6) is 0 Å². The van der Waals surface area contributed by atoms with Gasteiger partial charge in [0.25, 0.3) is 11.8 Å². The van der Waals surface area contributed by atoms with E-state index in [1.165, 1.54) is 0 Å². The summed E-state index contributed by atoms with van der Waals surface area (Å²) in [5, 5.41) is 5.85. The van der Waals surface area contributed by atoms with Gasteiger partial charge in [-0.3, -0.25) is 9.59 Å². The van der Waals surface area contributed by atoms with Gasteiger partial charge in [-0.25, -0.2) is 0 Å². The molecule has 0 aromatic heterocycles. The minimum absolute atomic E-state index is 0.0191. The summed E-state index contributed by atoms with van der Waals surface area (Å²) in [6, 6.07) is 7.71. The molecule has 1 aromatic rings. The van der Waals surface area contributed by atoms with Crippen molar-refractivity contribution in [3.05, 3.63) is 29.8 Å². The minimum Gasteiger partial charge on any atom is -0.351 e. The summed E-state index contributed by atoms with van der Waals surface area (Å²) in [4.78, 5) is 25.2. The Morgan fingerprint density at radius 3 is 2.39 bits per heavy atom. The first kappa shape index (κ1) is 19.2. The van der Waals surface area contributed by atoms with E-state index in [4.69, 9.17) is 0 Å². The summed E-state index contributed by atoms with van der Waals surface area (Å²) >= 11 is 0. The molecule has 0 aliphatic carbocycles. The first-order valence-electron chi connectivity index (χ1n) is 8.52. The first-order chi connectivity index (χ1) is 11.1. The number of aryl methyl sites for hydroxylation is 1. The molecule has 0 saturated heterocycles. The molecule has 3 N–H and O–H groups in total. The Hall–Kier alpha value is -1.88. The second kappa shape index (κ2) is 10.8. The molecule has 1 aromatic carbocycles. The maximum absolute atomic E-state index is 12.2. The van der Waals surface area contributed by atoms with Crippen LogP contribution in [0.25, 0.3) is 0 Å². The maximum Gasteiger partial charge on any atom is 0.279 e. The Kier molecular flexibility index (Phi) is 8.98. The van der Waals surface area contributed by atoms with Crippen LogP contribution in [0.1, 0.15) is 38.7 Å². The summed E-state index contributed by atoms with van der Waals surface area (Å²) in [5.74, 6) is -0.0327. The van der Waals surface area contributed by atoms with Gasteiger partial charge in [-0.15, -0.1) is 0 Å². The molecule has 0 saturated carbocycles. The van der Waals surface area contributed by atoms with Gasteiger partial charge >= 0.3 is 0 Å². The Labute approximate surface area is 139 Å². The smallest absolute Gasteiger partial charge is 0.279 e. The van der Waals surface area contributed by atoms with Gasteiger partial charge < -0.3 is 15.5 Å². The number of amides is 2. The van der Waals surface area contributed by atoms with Crippen molar-refractivity contribution in [2.75, 3.05) is 31.5 Å². The summed E-state index contributed by atoms with van der Waals surface area (Å²) in [7, 11) is 0. The van der Waals surface area contributed by atoms with Gasteiger partial charge in [-0.2, -0.15) is 0 Å². The van der Waals surface area contributed by atoms with Gasteiger partial charge in [0.1, 0.15) is 0 Å². The molecule has 0 spiro atoms. The van der Waals surface area contributed by atoms with Gasteiger partial charge in [0, 0.05) is 12.2 Å². The molecule has 23 heavy (non-hydrogen) atoms. The molecule has 128 valence electrons. The van der Waals surface area contributed by atoms with Crippen molar-refractivity contribution in [3.8, 4) is 0 Å². The number of rotatable bonds is 10. The van der Waals surface area contributed by atoms with Gasteiger partial charge in [-0.05, 0) is 31.4 Å². The van der Waals surface area contributed by atoms with Crippen LogP contribution in [0.4, 0.5) is 5.69 Å². The van der Waals surface area contributed by atoms with Crippen molar-refractivity contribution < 1.29 is 14.5 Å². The standard InChI is InChI=1S/C18H29N3O2/c1-4-6-11-19-17(22)13-21(12-5-2)14-18(23)20-16-10-8-7-9-15(16)3/h7-10H,4-6,11-14H2,1-3H3,(H,19,22)(H,20,23)/p+1. The van der Waals surface area contributed by atoms with E-state index in [9.17, 15) is 9.59 Å². The van der Waals surface area contributed by atoms with E-state index in [1.54, 1.807) is 0 Å². The SMILES string of the molecule is CCCCNC(=O)C[NH+](CCC)CC(=O)Nc1ccccc1C. The number of hydrogen-bond acceptors (Lipinski definition) is 2. The normalized spacial score (nSPS) is 11.8. The fourth-order valence-corrected chi connectivity index (χ4v) is 2.42. The van der Waals surface area contributed by atoms with Crippen LogP contribution in [0, 0.1) is 6.92 Å². The molecule has 5 nitrogen and oxygen atoms in total. The highest BCUT2D eigenvalue weighted by Crippen LogP contribution is 2.12. The van der Waals surface area contributed by atoms with Gasteiger partial charge in [0.05, 0.1) is 6.54 Å². The van der Waals surface area contributed by atoms with E-state index in [0.29, 0.717) is 19.6 Å². The lowest BCUT2D eigenvalue weighted by atomic mass is 10.2. The van der Waals surface area contributed by atoms with Crippen LogP contribution in [0.15, 0.2) is 24.3 Å². The monoisotopic (exact) mass is 320 g/mol. The van der Waals surface area contributed by atoms with Crippen LogP contribution in [-0.2, 0) is 9.59 Å². The van der Waals surface area contributed by atoms with E-state index in [-0.39, 0.29) is 11.8 Å². The van der Waals surface area contributed by atoms with Crippen molar-refractivity contribution >= 4 is 17.5 Å². The third-order valence-electron chi connectivity index (χ3n) is 3.70. The van der Waals surface area contributed by atoms with Gasteiger partial charge in [-0.1, -0.05) is 38.5 Å². The summed E-state index contributed by atoms with van der Waals surface area (Å²) < 4.78 is 0. The number of anilines is 1. The van der Waals surface area contributed by atoms with Crippen molar-refractivity contribution in [3.63, 3.8) is 0 Å². The van der Waals surface area contributed by atoms with Crippen LogP contribution in [0.3, 0.4) is 0 Å². The summed E-state index contributed by atoms with van der Waals surface area (Å²) in [5.41, 5.74) is 1.87. The highest BCUT2D eigenvalue weighted by atomic mass is 16.2. The highest BCUT2D eigenvalue weighted by Gasteiger charge is 2.17. The van der Waals surface area contributed by atoms with Crippen molar-refractivity contribution in [2.45, 2.75) is 40.0 Å². The molecule has 0 fully saturated rings. The Morgan fingerprint density at radius 2 is 1.74 bits per heavy atom. The molecule has 1 atom stereocenters. The second-order valence-corrected chi connectivity index (χ2v) is 5.92. The number of carbonyl (C=O) groups excluding carboxylic acids is 2. The average molecular weight is 320 g/mol. The molecule has 2 amide bonds.